The van der Waals surface area contributed by atoms with Gasteiger partial charge in [0.1, 0.15) is 5.60 Å². The first-order chi connectivity index (χ1) is 5.81. The highest BCUT2D eigenvalue weighted by Crippen LogP contribution is 2.10. The number of allylic oxidation sites excluding steroid dienone is 1. The van der Waals surface area contributed by atoms with Crippen LogP contribution in [0, 0.1) is 0 Å². The Balaban J connectivity index is 3.59. The Hall–Kier alpha value is -0.990. The molecule has 0 aliphatic rings. The summed E-state index contributed by atoms with van der Waals surface area (Å²) >= 11 is 0. The molecule has 0 saturated heterocycles. The Morgan fingerprint density at radius 2 is 1.92 bits per heavy atom. The highest BCUT2D eigenvalue weighted by atomic mass is 16.6. The fourth-order valence-corrected chi connectivity index (χ4v) is 0.852. The molecule has 0 aromatic heterocycles. The van der Waals surface area contributed by atoms with Crippen LogP contribution in [0.25, 0.3) is 0 Å². The van der Waals surface area contributed by atoms with Crippen molar-refractivity contribution in [1.29, 1.82) is 0 Å². The molecule has 3 heteroatoms. The molecular formula is C10H19NO2. The summed E-state index contributed by atoms with van der Waals surface area (Å²) in [6, 6.07) is 0. The van der Waals surface area contributed by atoms with Gasteiger partial charge < -0.3 is 10.5 Å². The second-order valence-electron chi connectivity index (χ2n) is 4.10. The Morgan fingerprint density at radius 1 is 1.38 bits per heavy atom. The first-order valence-corrected chi connectivity index (χ1v) is 4.46. The van der Waals surface area contributed by atoms with Crippen molar-refractivity contribution in [1.82, 2.24) is 0 Å². The number of hydrogen-bond donors (Lipinski definition) is 1. The lowest BCUT2D eigenvalue weighted by Gasteiger charge is -2.19. The molecular weight excluding hydrogens is 166 g/mol. The van der Waals surface area contributed by atoms with Crippen LogP contribution >= 0.6 is 0 Å². The second-order valence-corrected chi connectivity index (χ2v) is 4.10. The van der Waals surface area contributed by atoms with Crippen LogP contribution in [0.5, 0.6) is 0 Å². The molecule has 0 saturated carbocycles. The largest absolute Gasteiger partial charge is 0.460 e. The Bertz CT molecular complexity index is 192. The standard InChI is InChI=1S/C10H19NO2/c1-8(11)6-5-7-9(12)13-10(2,3)4/h1,5-7,11H2,2-4H3. The summed E-state index contributed by atoms with van der Waals surface area (Å²) in [5.41, 5.74) is 5.58. The minimum atomic E-state index is -0.392. The fourth-order valence-electron chi connectivity index (χ4n) is 0.852. The predicted molar refractivity (Wildman–Crippen MR) is 53.0 cm³/mol. The van der Waals surface area contributed by atoms with E-state index >= 15 is 0 Å². The van der Waals surface area contributed by atoms with Crippen LogP contribution in [-0.4, -0.2) is 11.6 Å². The van der Waals surface area contributed by atoms with Crippen molar-refractivity contribution in [3.63, 3.8) is 0 Å². The van der Waals surface area contributed by atoms with Gasteiger partial charge in [-0.15, -0.1) is 0 Å². The Morgan fingerprint density at radius 3 is 2.31 bits per heavy atom. The minimum Gasteiger partial charge on any atom is -0.460 e. The summed E-state index contributed by atoms with van der Waals surface area (Å²) < 4.78 is 5.11. The van der Waals surface area contributed by atoms with E-state index in [1.807, 2.05) is 20.8 Å². The quantitative estimate of drug-likeness (QED) is 0.681. The van der Waals surface area contributed by atoms with E-state index in [9.17, 15) is 4.79 Å². The second kappa shape index (κ2) is 4.90. The summed E-state index contributed by atoms with van der Waals surface area (Å²) in [4.78, 5) is 11.1. The first-order valence-electron chi connectivity index (χ1n) is 4.46. The minimum absolute atomic E-state index is 0.172. The SMILES string of the molecule is C=C(N)CCCC(=O)OC(C)(C)C. The highest BCUT2D eigenvalue weighted by molar-refractivity contribution is 5.69. The Labute approximate surface area is 79.9 Å². The molecule has 0 heterocycles. The third kappa shape index (κ3) is 8.92. The smallest absolute Gasteiger partial charge is 0.306 e. The van der Waals surface area contributed by atoms with E-state index < -0.39 is 5.60 Å². The number of nitrogens with two attached hydrogens (primary N) is 1. The average Bonchev–Trinajstić information content (AvgIpc) is 1.81. The molecule has 0 bridgehead atoms. The van der Waals surface area contributed by atoms with Crippen molar-refractivity contribution in [2.24, 2.45) is 5.73 Å². The lowest BCUT2D eigenvalue weighted by atomic mass is 10.2. The van der Waals surface area contributed by atoms with E-state index in [0.717, 1.165) is 0 Å². The van der Waals surface area contributed by atoms with Crippen LogP contribution in [0.2, 0.25) is 0 Å². The summed E-state index contributed by atoms with van der Waals surface area (Å²) in [6.45, 7) is 9.11. The molecule has 3 nitrogen and oxygen atoms in total. The van der Waals surface area contributed by atoms with Gasteiger partial charge in [-0.05, 0) is 33.6 Å². The van der Waals surface area contributed by atoms with Gasteiger partial charge in [-0.25, -0.2) is 0 Å². The number of ether oxygens (including phenoxy) is 1. The number of rotatable bonds is 4. The zero-order valence-electron chi connectivity index (χ0n) is 8.72. The van der Waals surface area contributed by atoms with Gasteiger partial charge in [-0.3, -0.25) is 4.79 Å². The monoisotopic (exact) mass is 185 g/mol. The molecule has 0 spiro atoms. The third-order valence-corrected chi connectivity index (χ3v) is 1.30. The maximum atomic E-state index is 11.1. The van der Waals surface area contributed by atoms with Gasteiger partial charge in [-0.2, -0.15) is 0 Å². The van der Waals surface area contributed by atoms with Crippen molar-refractivity contribution in [3.8, 4) is 0 Å². The average molecular weight is 185 g/mol. The molecule has 0 radical (unpaired) electrons. The Kier molecular flexibility index (Phi) is 4.52. The molecule has 0 atom stereocenters. The lowest BCUT2D eigenvalue weighted by Crippen LogP contribution is -2.23. The normalized spacial score (nSPS) is 11.0. The summed E-state index contributed by atoms with van der Waals surface area (Å²) in [6.07, 6.45) is 1.80. The fraction of sp³-hybridized carbons (Fsp3) is 0.700. The van der Waals surface area contributed by atoms with Gasteiger partial charge in [0, 0.05) is 12.1 Å². The molecule has 0 rings (SSSR count). The molecule has 0 unspecified atom stereocenters. The molecule has 0 aliphatic heterocycles. The zero-order chi connectivity index (χ0) is 10.5. The van der Waals surface area contributed by atoms with Crippen molar-refractivity contribution in [2.75, 3.05) is 0 Å². The molecule has 13 heavy (non-hydrogen) atoms. The first kappa shape index (κ1) is 12.0. The maximum Gasteiger partial charge on any atom is 0.306 e. The van der Waals surface area contributed by atoms with E-state index in [1.165, 1.54) is 0 Å². The number of hydrogen-bond acceptors (Lipinski definition) is 3. The van der Waals surface area contributed by atoms with E-state index in [-0.39, 0.29) is 5.97 Å². The molecule has 76 valence electrons. The van der Waals surface area contributed by atoms with Crippen LogP contribution in [0.3, 0.4) is 0 Å². The van der Waals surface area contributed by atoms with E-state index in [2.05, 4.69) is 6.58 Å². The van der Waals surface area contributed by atoms with Gasteiger partial charge in [0.05, 0.1) is 0 Å². The van der Waals surface area contributed by atoms with Crippen molar-refractivity contribution in [3.05, 3.63) is 12.3 Å². The van der Waals surface area contributed by atoms with Gasteiger partial charge in [-0.1, -0.05) is 6.58 Å². The maximum absolute atomic E-state index is 11.1. The number of carbonyl (C=O) groups is 1. The summed E-state index contributed by atoms with van der Waals surface area (Å²) in [7, 11) is 0. The van der Waals surface area contributed by atoms with Gasteiger partial charge in [0.2, 0.25) is 0 Å². The zero-order valence-corrected chi connectivity index (χ0v) is 8.72. The molecule has 0 aromatic rings. The molecule has 0 aliphatic carbocycles. The van der Waals surface area contributed by atoms with Crippen LogP contribution in [-0.2, 0) is 9.53 Å². The predicted octanol–water partition coefficient (Wildman–Crippen LogP) is 1.97. The van der Waals surface area contributed by atoms with E-state index in [0.29, 0.717) is 25.0 Å². The van der Waals surface area contributed by atoms with Crippen LogP contribution in [0.15, 0.2) is 12.3 Å². The summed E-state index contributed by atoms with van der Waals surface area (Å²) in [5.74, 6) is -0.172. The van der Waals surface area contributed by atoms with Crippen molar-refractivity contribution in [2.45, 2.75) is 45.6 Å². The highest BCUT2D eigenvalue weighted by Gasteiger charge is 2.15. The van der Waals surface area contributed by atoms with Crippen LogP contribution in [0.4, 0.5) is 0 Å². The molecule has 0 fully saturated rings. The number of carbonyl (C=O) groups excluding carboxylic acids is 1. The summed E-state index contributed by atoms with van der Waals surface area (Å²) in [5, 5.41) is 0. The number of esters is 1. The van der Waals surface area contributed by atoms with E-state index in [1.54, 1.807) is 0 Å². The van der Waals surface area contributed by atoms with Gasteiger partial charge in [0.25, 0.3) is 0 Å². The third-order valence-electron chi connectivity index (χ3n) is 1.30. The van der Waals surface area contributed by atoms with Crippen LogP contribution in [0.1, 0.15) is 40.0 Å². The molecule has 0 amide bonds. The van der Waals surface area contributed by atoms with Gasteiger partial charge in [0.15, 0.2) is 0 Å². The molecule has 2 N–H and O–H groups in total. The van der Waals surface area contributed by atoms with Crippen LogP contribution < -0.4 is 5.73 Å². The van der Waals surface area contributed by atoms with Crippen molar-refractivity contribution < 1.29 is 9.53 Å². The van der Waals surface area contributed by atoms with Crippen molar-refractivity contribution >= 4 is 5.97 Å². The van der Waals surface area contributed by atoms with Gasteiger partial charge >= 0.3 is 5.97 Å². The topological polar surface area (TPSA) is 52.3 Å². The molecule has 0 aromatic carbocycles. The van der Waals surface area contributed by atoms with E-state index in [4.69, 9.17) is 10.5 Å². The lowest BCUT2D eigenvalue weighted by molar-refractivity contribution is -0.154.